The molecule has 0 atom stereocenters. The lowest BCUT2D eigenvalue weighted by Gasteiger charge is -2.09. The van der Waals surface area contributed by atoms with Crippen LogP contribution in [0.15, 0.2) is 17.0 Å². The van der Waals surface area contributed by atoms with Crippen LogP contribution in [0.4, 0.5) is 13.2 Å². The molecule has 0 aliphatic carbocycles. The average molecular weight is 261 g/mol. The molecule has 0 fully saturated rings. The minimum absolute atomic E-state index is 0.0559. The van der Waals surface area contributed by atoms with Gasteiger partial charge in [0.05, 0.1) is 10.0 Å². The van der Waals surface area contributed by atoms with E-state index >= 15 is 0 Å². The van der Waals surface area contributed by atoms with E-state index in [-0.39, 0.29) is 26.7 Å². The third-order valence-electron chi connectivity index (χ3n) is 1.36. The van der Waals surface area contributed by atoms with Gasteiger partial charge in [0.2, 0.25) is 0 Å². The van der Waals surface area contributed by atoms with Crippen molar-refractivity contribution in [3.63, 3.8) is 0 Å². The van der Waals surface area contributed by atoms with Crippen LogP contribution < -0.4 is 0 Å². The highest BCUT2D eigenvalue weighted by Gasteiger charge is 2.30. The number of thioether (sulfide) groups is 1. The Labute approximate surface area is 93.4 Å². The zero-order valence-corrected chi connectivity index (χ0v) is 9.28. The number of alkyl halides is 3. The van der Waals surface area contributed by atoms with Gasteiger partial charge in [-0.25, -0.2) is 0 Å². The van der Waals surface area contributed by atoms with Crippen LogP contribution in [0, 0.1) is 6.92 Å². The molecular formula is C8H5Cl2F3S. The topological polar surface area (TPSA) is 0 Å². The van der Waals surface area contributed by atoms with Gasteiger partial charge in [0.15, 0.2) is 0 Å². The highest BCUT2D eigenvalue weighted by Crippen LogP contribution is 2.42. The summed E-state index contributed by atoms with van der Waals surface area (Å²) in [6.07, 6.45) is 0. The number of aryl methyl sites for hydroxylation is 1. The van der Waals surface area contributed by atoms with E-state index < -0.39 is 5.51 Å². The molecule has 6 heteroatoms. The fourth-order valence-corrected chi connectivity index (χ4v) is 2.14. The standard InChI is InChI=1S/C8H5Cl2F3S/c1-4-2-5(9)7(10)6(3-4)14-8(11,12)13/h2-3H,1H3. The second kappa shape index (κ2) is 4.21. The Balaban J connectivity index is 3.09. The average Bonchev–Trinajstić information content (AvgIpc) is 1.96. The normalized spacial score (nSPS) is 11.9. The summed E-state index contributed by atoms with van der Waals surface area (Å²) < 4.78 is 36.1. The van der Waals surface area contributed by atoms with Gasteiger partial charge in [-0.2, -0.15) is 13.2 Å². The molecule has 0 bridgehead atoms. The maximum atomic E-state index is 12.0. The summed E-state index contributed by atoms with van der Waals surface area (Å²) in [6.45, 7) is 1.66. The lowest BCUT2D eigenvalue weighted by Crippen LogP contribution is -1.99. The van der Waals surface area contributed by atoms with Crippen LogP contribution in [-0.4, -0.2) is 5.51 Å². The van der Waals surface area contributed by atoms with E-state index in [9.17, 15) is 13.2 Å². The van der Waals surface area contributed by atoms with E-state index in [1.807, 2.05) is 0 Å². The Morgan fingerprint density at radius 2 is 1.79 bits per heavy atom. The van der Waals surface area contributed by atoms with Crippen molar-refractivity contribution in [2.24, 2.45) is 0 Å². The number of rotatable bonds is 1. The summed E-state index contributed by atoms with van der Waals surface area (Å²) in [6, 6.07) is 2.87. The quantitative estimate of drug-likeness (QED) is 0.647. The Morgan fingerprint density at radius 3 is 2.29 bits per heavy atom. The maximum absolute atomic E-state index is 12.0. The van der Waals surface area contributed by atoms with Crippen molar-refractivity contribution in [1.29, 1.82) is 0 Å². The maximum Gasteiger partial charge on any atom is 0.446 e. The van der Waals surface area contributed by atoms with Gasteiger partial charge in [-0.3, -0.25) is 0 Å². The molecule has 1 rings (SSSR count). The SMILES string of the molecule is Cc1cc(Cl)c(Cl)c(SC(F)(F)F)c1. The van der Waals surface area contributed by atoms with Crippen LogP contribution in [0.1, 0.15) is 5.56 Å². The molecule has 0 N–H and O–H groups in total. The molecule has 0 saturated carbocycles. The summed E-state index contributed by atoms with van der Waals surface area (Å²) in [7, 11) is 0. The predicted molar refractivity (Wildman–Crippen MR) is 53.1 cm³/mol. The molecular weight excluding hydrogens is 256 g/mol. The molecule has 0 unspecified atom stereocenters. The Bertz CT molecular complexity index is 349. The summed E-state index contributed by atoms with van der Waals surface area (Å²) in [5.41, 5.74) is -3.70. The summed E-state index contributed by atoms with van der Waals surface area (Å²) in [5.74, 6) is 0. The highest BCUT2D eigenvalue weighted by atomic mass is 35.5. The van der Waals surface area contributed by atoms with Crippen LogP contribution in [-0.2, 0) is 0 Å². The molecule has 0 aromatic heterocycles. The van der Waals surface area contributed by atoms with E-state index in [0.29, 0.717) is 5.56 Å². The van der Waals surface area contributed by atoms with Crippen molar-refractivity contribution in [3.05, 3.63) is 27.7 Å². The third kappa shape index (κ3) is 3.26. The van der Waals surface area contributed by atoms with Gasteiger partial charge in [-0.05, 0) is 36.4 Å². The number of hydrogen-bond acceptors (Lipinski definition) is 1. The third-order valence-corrected chi connectivity index (χ3v) is 3.05. The van der Waals surface area contributed by atoms with Gasteiger partial charge < -0.3 is 0 Å². The van der Waals surface area contributed by atoms with Gasteiger partial charge in [-0.1, -0.05) is 23.2 Å². The monoisotopic (exact) mass is 260 g/mol. The lowest BCUT2D eigenvalue weighted by atomic mass is 10.2. The van der Waals surface area contributed by atoms with Gasteiger partial charge in [0.25, 0.3) is 0 Å². The van der Waals surface area contributed by atoms with Crippen LogP contribution in [0.3, 0.4) is 0 Å². The first-order valence-corrected chi connectivity index (χ1v) is 5.08. The minimum Gasteiger partial charge on any atom is -0.160 e. The lowest BCUT2D eigenvalue weighted by molar-refractivity contribution is -0.0328. The Morgan fingerprint density at radius 1 is 1.21 bits per heavy atom. The largest absolute Gasteiger partial charge is 0.446 e. The molecule has 0 heterocycles. The minimum atomic E-state index is -4.35. The van der Waals surface area contributed by atoms with Crippen molar-refractivity contribution in [2.45, 2.75) is 17.3 Å². The molecule has 0 saturated heterocycles. The summed E-state index contributed by atoms with van der Waals surface area (Å²) in [4.78, 5) is -0.0656. The second-order valence-corrected chi connectivity index (χ2v) is 4.50. The first kappa shape index (κ1) is 12.0. The fraction of sp³-hybridized carbons (Fsp3) is 0.250. The smallest absolute Gasteiger partial charge is 0.160 e. The van der Waals surface area contributed by atoms with E-state index in [1.54, 1.807) is 6.92 Å². The number of hydrogen-bond donors (Lipinski definition) is 0. The fourth-order valence-electron chi connectivity index (χ4n) is 0.892. The molecule has 14 heavy (non-hydrogen) atoms. The Kier molecular flexibility index (Phi) is 3.61. The van der Waals surface area contributed by atoms with Gasteiger partial charge in [-0.15, -0.1) is 0 Å². The molecule has 1 aromatic rings. The molecule has 0 radical (unpaired) electrons. The molecule has 0 aliphatic rings. The van der Waals surface area contributed by atoms with Crippen LogP contribution in [0.5, 0.6) is 0 Å². The first-order chi connectivity index (χ1) is 6.29. The van der Waals surface area contributed by atoms with E-state index in [4.69, 9.17) is 23.2 Å². The molecule has 1 aromatic carbocycles. The van der Waals surface area contributed by atoms with Crippen molar-refractivity contribution in [2.75, 3.05) is 0 Å². The van der Waals surface area contributed by atoms with Crippen molar-refractivity contribution in [1.82, 2.24) is 0 Å². The molecule has 0 aliphatic heterocycles. The van der Waals surface area contributed by atoms with Crippen LogP contribution in [0.25, 0.3) is 0 Å². The van der Waals surface area contributed by atoms with Gasteiger partial charge in [0, 0.05) is 4.90 Å². The molecule has 78 valence electrons. The van der Waals surface area contributed by atoms with Gasteiger partial charge >= 0.3 is 5.51 Å². The van der Waals surface area contributed by atoms with E-state index in [0.717, 1.165) is 0 Å². The molecule has 0 amide bonds. The van der Waals surface area contributed by atoms with Crippen LogP contribution >= 0.6 is 35.0 Å². The van der Waals surface area contributed by atoms with Crippen LogP contribution in [0.2, 0.25) is 10.0 Å². The molecule has 0 spiro atoms. The molecule has 0 nitrogen and oxygen atoms in total. The van der Waals surface area contributed by atoms with Crippen molar-refractivity contribution < 1.29 is 13.2 Å². The Hall–Kier alpha value is -0.0600. The van der Waals surface area contributed by atoms with Crippen molar-refractivity contribution in [3.8, 4) is 0 Å². The number of halogens is 5. The van der Waals surface area contributed by atoms with E-state index in [2.05, 4.69) is 0 Å². The summed E-state index contributed by atoms with van der Waals surface area (Å²) in [5, 5.41) is 0.0815. The van der Waals surface area contributed by atoms with Crippen molar-refractivity contribution >= 4 is 35.0 Å². The highest BCUT2D eigenvalue weighted by molar-refractivity contribution is 8.00. The zero-order valence-electron chi connectivity index (χ0n) is 6.95. The van der Waals surface area contributed by atoms with E-state index in [1.165, 1.54) is 12.1 Å². The predicted octanol–water partition coefficient (Wildman–Crippen LogP) is 4.91. The second-order valence-electron chi connectivity index (χ2n) is 2.61. The summed E-state index contributed by atoms with van der Waals surface area (Å²) >= 11 is 11.0. The first-order valence-electron chi connectivity index (χ1n) is 3.51. The number of benzene rings is 1. The zero-order chi connectivity index (χ0) is 10.9. The van der Waals surface area contributed by atoms with Gasteiger partial charge in [0.1, 0.15) is 0 Å².